The molecule has 4 heteroatoms. The zero-order valence-corrected chi connectivity index (χ0v) is 15.1. The number of phenols is 1. The van der Waals surface area contributed by atoms with E-state index in [4.69, 9.17) is 0 Å². The Morgan fingerprint density at radius 2 is 1.27 bits per heavy atom. The van der Waals surface area contributed by atoms with Crippen LogP contribution in [0.3, 0.4) is 0 Å². The van der Waals surface area contributed by atoms with Gasteiger partial charge in [0.15, 0.2) is 0 Å². The normalized spacial score (nSPS) is 13.8. The third kappa shape index (κ3) is 4.22. The Balaban J connectivity index is 3.49. The highest BCUT2D eigenvalue weighted by Crippen LogP contribution is 2.40. The minimum Gasteiger partial charge on any atom is -0.762 e. The van der Waals surface area contributed by atoms with E-state index in [0.717, 1.165) is 16.7 Å². The predicted octanol–water partition coefficient (Wildman–Crippen LogP) is 4.50. The summed E-state index contributed by atoms with van der Waals surface area (Å²) in [6, 6.07) is 3.88. The Labute approximate surface area is 134 Å². The summed E-state index contributed by atoms with van der Waals surface area (Å²) < 4.78 is 0. The molecule has 0 spiro atoms. The van der Waals surface area contributed by atoms with Crippen molar-refractivity contribution in [2.24, 2.45) is 0 Å². The van der Waals surface area contributed by atoms with E-state index in [1.54, 1.807) is 13.8 Å². The van der Waals surface area contributed by atoms with Crippen LogP contribution >= 0.6 is 0 Å². The van der Waals surface area contributed by atoms with Crippen LogP contribution in [0, 0.1) is 5.21 Å². The van der Waals surface area contributed by atoms with E-state index < -0.39 is 5.54 Å². The number of nitrogens with zero attached hydrogens (tertiary/aromatic N) is 1. The maximum Gasteiger partial charge on any atom is 0.123 e. The summed E-state index contributed by atoms with van der Waals surface area (Å²) in [6.07, 6.45) is 0.402. The number of rotatable bonds is 3. The van der Waals surface area contributed by atoms with Crippen molar-refractivity contribution in [3.8, 4) is 5.75 Å². The van der Waals surface area contributed by atoms with Crippen molar-refractivity contribution in [3.05, 3.63) is 34.0 Å². The van der Waals surface area contributed by atoms with E-state index in [2.05, 4.69) is 41.5 Å². The van der Waals surface area contributed by atoms with E-state index in [1.807, 2.05) is 12.1 Å². The first-order chi connectivity index (χ1) is 9.66. The highest BCUT2D eigenvalue weighted by molar-refractivity contribution is 5.50. The first-order valence-electron chi connectivity index (χ1n) is 7.69. The summed E-state index contributed by atoms with van der Waals surface area (Å²) in [4.78, 5) is 0. The third-order valence-electron chi connectivity index (χ3n) is 3.94. The summed E-state index contributed by atoms with van der Waals surface area (Å²) in [5.41, 5.74) is 1.33. The lowest BCUT2D eigenvalue weighted by Gasteiger charge is -2.39. The fraction of sp³-hybridized carbons (Fsp3) is 0.667. The molecule has 126 valence electrons. The first kappa shape index (κ1) is 18.9. The molecule has 0 aromatic heterocycles. The predicted molar refractivity (Wildman–Crippen MR) is 90.3 cm³/mol. The minimum absolute atomic E-state index is 0.00732. The van der Waals surface area contributed by atoms with Crippen LogP contribution in [-0.2, 0) is 17.3 Å². The largest absolute Gasteiger partial charge is 0.762 e. The smallest absolute Gasteiger partial charge is 0.123 e. The van der Waals surface area contributed by atoms with Crippen LogP contribution < -0.4 is 0 Å². The van der Waals surface area contributed by atoms with Gasteiger partial charge in [-0.05, 0) is 47.8 Å². The quantitative estimate of drug-likeness (QED) is 0.807. The van der Waals surface area contributed by atoms with Gasteiger partial charge < -0.3 is 15.5 Å². The summed E-state index contributed by atoms with van der Waals surface area (Å²) in [6.45, 7) is 15.7. The number of hydroxylamine groups is 2. The SMILES string of the molecule is CC(C)(C)c1cc(CC(C)(C)N([O-])O)cc(C(C)(C)C)c1O. The van der Waals surface area contributed by atoms with E-state index in [0.29, 0.717) is 12.2 Å². The van der Waals surface area contributed by atoms with E-state index in [9.17, 15) is 15.5 Å². The van der Waals surface area contributed by atoms with Crippen molar-refractivity contribution in [1.82, 2.24) is 5.23 Å². The van der Waals surface area contributed by atoms with Gasteiger partial charge in [0.1, 0.15) is 5.75 Å². The molecule has 0 aliphatic rings. The maximum atomic E-state index is 11.3. The van der Waals surface area contributed by atoms with Gasteiger partial charge >= 0.3 is 0 Å². The Hall–Kier alpha value is -1.10. The Morgan fingerprint density at radius 3 is 1.55 bits per heavy atom. The highest BCUT2D eigenvalue weighted by Gasteiger charge is 2.28. The second-order valence-corrected chi connectivity index (χ2v) is 8.80. The summed E-state index contributed by atoms with van der Waals surface area (Å²) in [5.74, 6) is 0.324. The molecule has 0 fully saturated rings. The van der Waals surface area contributed by atoms with Gasteiger partial charge in [-0.2, -0.15) is 0 Å². The van der Waals surface area contributed by atoms with Gasteiger partial charge in [0.25, 0.3) is 0 Å². The van der Waals surface area contributed by atoms with Crippen LogP contribution in [0.15, 0.2) is 12.1 Å². The summed E-state index contributed by atoms with van der Waals surface area (Å²) in [7, 11) is 0. The summed E-state index contributed by atoms with van der Waals surface area (Å²) >= 11 is 0. The molecule has 22 heavy (non-hydrogen) atoms. The average Bonchev–Trinajstić information content (AvgIpc) is 2.27. The molecule has 0 saturated heterocycles. The molecule has 0 unspecified atom stereocenters. The molecule has 2 N–H and O–H groups in total. The van der Waals surface area contributed by atoms with Crippen molar-refractivity contribution in [1.29, 1.82) is 0 Å². The van der Waals surface area contributed by atoms with Crippen LogP contribution in [0.2, 0.25) is 0 Å². The van der Waals surface area contributed by atoms with Crippen LogP contribution in [0.25, 0.3) is 0 Å². The molecular weight excluding hydrogens is 278 g/mol. The van der Waals surface area contributed by atoms with Gasteiger partial charge in [0.05, 0.1) is 0 Å². The van der Waals surface area contributed by atoms with Gasteiger partial charge in [0, 0.05) is 5.54 Å². The van der Waals surface area contributed by atoms with Gasteiger partial charge in [-0.3, -0.25) is 5.23 Å². The molecule has 1 aromatic carbocycles. The van der Waals surface area contributed by atoms with Crippen LogP contribution in [0.1, 0.15) is 72.1 Å². The zero-order valence-electron chi connectivity index (χ0n) is 15.1. The van der Waals surface area contributed by atoms with Crippen molar-refractivity contribution in [3.63, 3.8) is 0 Å². The van der Waals surface area contributed by atoms with Crippen molar-refractivity contribution >= 4 is 0 Å². The Bertz CT molecular complexity index is 499. The molecular formula is C18H30NO3-. The van der Waals surface area contributed by atoms with Crippen LogP contribution in [0.4, 0.5) is 0 Å². The number of benzene rings is 1. The monoisotopic (exact) mass is 308 g/mol. The molecule has 0 heterocycles. The molecule has 4 nitrogen and oxygen atoms in total. The molecule has 0 aliphatic carbocycles. The first-order valence-corrected chi connectivity index (χ1v) is 7.69. The molecule has 0 amide bonds. The number of hydrogen-bond donors (Lipinski definition) is 2. The fourth-order valence-corrected chi connectivity index (χ4v) is 2.51. The lowest BCUT2D eigenvalue weighted by Crippen LogP contribution is -2.39. The molecule has 0 bridgehead atoms. The number of phenolic OH excluding ortho intramolecular Hbond substituents is 1. The average molecular weight is 308 g/mol. The minimum atomic E-state index is -0.915. The van der Waals surface area contributed by atoms with E-state index in [1.165, 1.54) is 0 Å². The van der Waals surface area contributed by atoms with Gasteiger partial charge in [0.2, 0.25) is 0 Å². The van der Waals surface area contributed by atoms with Crippen LogP contribution in [-0.4, -0.2) is 21.1 Å². The number of aromatic hydroxyl groups is 1. The maximum absolute atomic E-state index is 11.3. The third-order valence-corrected chi connectivity index (χ3v) is 3.94. The summed E-state index contributed by atoms with van der Waals surface area (Å²) in [5, 5.41) is 31.3. The second-order valence-electron chi connectivity index (χ2n) is 8.80. The Morgan fingerprint density at radius 1 is 0.909 bits per heavy atom. The van der Waals surface area contributed by atoms with E-state index in [-0.39, 0.29) is 16.1 Å². The lowest BCUT2D eigenvalue weighted by atomic mass is 9.77. The molecule has 0 saturated carbocycles. The topological polar surface area (TPSA) is 66.8 Å². The molecule has 1 rings (SSSR count). The van der Waals surface area contributed by atoms with Crippen molar-refractivity contribution < 1.29 is 10.3 Å². The van der Waals surface area contributed by atoms with Gasteiger partial charge in [-0.25, -0.2) is 0 Å². The lowest BCUT2D eigenvalue weighted by molar-refractivity contribution is -0.116. The molecule has 0 atom stereocenters. The zero-order chi connectivity index (χ0) is 17.5. The van der Waals surface area contributed by atoms with Crippen molar-refractivity contribution in [2.75, 3.05) is 0 Å². The highest BCUT2D eigenvalue weighted by atomic mass is 16.8. The fourth-order valence-electron chi connectivity index (χ4n) is 2.51. The van der Waals surface area contributed by atoms with Gasteiger partial charge in [-0.15, -0.1) is 0 Å². The van der Waals surface area contributed by atoms with Gasteiger partial charge in [-0.1, -0.05) is 53.7 Å². The van der Waals surface area contributed by atoms with E-state index >= 15 is 0 Å². The standard InChI is InChI=1S/C18H30NO3/c1-16(2,3)13-9-12(11-18(7,8)19(21)22)10-14(15(13)20)17(4,5)6/h9-10,20-21H,11H2,1-8H3/q-1. The van der Waals surface area contributed by atoms with Crippen molar-refractivity contribution in [2.45, 2.75) is 78.2 Å². The molecule has 0 aliphatic heterocycles. The second kappa shape index (κ2) is 5.84. The molecule has 1 aromatic rings. The number of hydrogen-bond acceptors (Lipinski definition) is 4. The van der Waals surface area contributed by atoms with Crippen LogP contribution in [0.5, 0.6) is 5.75 Å². The Kier molecular flexibility index (Phi) is 5.03. The molecule has 0 radical (unpaired) electrons.